The van der Waals surface area contributed by atoms with E-state index in [1.807, 2.05) is 24.0 Å². The first-order chi connectivity index (χ1) is 30.3. The topological polar surface area (TPSA) is 130 Å². The number of fused-ring (bicyclic) bond motifs is 1. The van der Waals surface area contributed by atoms with Gasteiger partial charge in [0.05, 0.1) is 38.0 Å². The Bertz CT molecular complexity index is 2530. The zero-order chi connectivity index (χ0) is 44.6. The Labute approximate surface area is 369 Å². The highest BCUT2D eigenvalue weighted by Gasteiger charge is 2.46. The lowest BCUT2D eigenvalue weighted by atomic mass is 9.95. The van der Waals surface area contributed by atoms with Crippen LogP contribution in [0.4, 0.5) is 20.4 Å². The molecule has 3 aliphatic rings. The Morgan fingerprint density at radius 1 is 0.905 bits per heavy atom. The van der Waals surface area contributed by atoms with E-state index in [1.165, 1.54) is 13.2 Å². The average Bonchev–Trinajstić information content (AvgIpc) is 4.06. The van der Waals surface area contributed by atoms with Crippen LogP contribution in [0.1, 0.15) is 78.5 Å². The van der Waals surface area contributed by atoms with Gasteiger partial charge in [-0.3, -0.25) is 4.90 Å². The molecule has 1 saturated carbocycles. The fourth-order valence-electron chi connectivity index (χ4n) is 9.85. The van der Waals surface area contributed by atoms with E-state index in [2.05, 4.69) is 62.9 Å². The van der Waals surface area contributed by atoms with Crippen LogP contribution in [0.5, 0.6) is 17.6 Å². The SMILES string of the molecule is COCOc1cc(-c2nc3c4c(nc(OCC5(CN6CCOCC6)CC5)nc4c2F)N(C(C)c2cccnc2N)CCO3)c2c(C#C[Si](C(C)C)(C(C)C)C(C)C)c(F)ccc2c1. The highest BCUT2D eigenvalue weighted by molar-refractivity contribution is 6.90. The molecule has 15 heteroatoms. The lowest BCUT2D eigenvalue weighted by Crippen LogP contribution is -2.43. The van der Waals surface area contributed by atoms with E-state index in [0.717, 1.165) is 38.0 Å². The molecule has 2 N–H and O–H groups in total. The Hall–Kier alpha value is -5.14. The first-order valence-electron chi connectivity index (χ1n) is 22.1. The Morgan fingerprint density at radius 2 is 1.65 bits per heavy atom. The van der Waals surface area contributed by atoms with Crippen LogP contribution in [0.3, 0.4) is 0 Å². The van der Waals surface area contributed by atoms with E-state index in [-0.39, 0.29) is 64.5 Å². The molecule has 63 heavy (non-hydrogen) atoms. The van der Waals surface area contributed by atoms with Crippen molar-refractivity contribution in [3.05, 3.63) is 65.4 Å². The predicted molar refractivity (Wildman–Crippen MR) is 245 cm³/mol. The molecule has 0 amide bonds. The van der Waals surface area contributed by atoms with Crippen LogP contribution in [-0.4, -0.2) is 99.4 Å². The smallest absolute Gasteiger partial charge is 0.319 e. The zero-order valence-corrected chi connectivity index (χ0v) is 38.7. The summed E-state index contributed by atoms with van der Waals surface area (Å²) >= 11 is 0. The van der Waals surface area contributed by atoms with Crippen LogP contribution in [0, 0.1) is 28.5 Å². The molecule has 0 spiro atoms. The number of hydrogen-bond acceptors (Lipinski definition) is 12. The molecule has 0 bridgehead atoms. The van der Waals surface area contributed by atoms with Crippen LogP contribution in [0.2, 0.25) is 16.6 Å². The summed E-state index contributed by atoms with van der Waals surface area (Å²) in [6, 6.07) is 9.93. The predicted octanol–water partition coefficient (Wildman–Crippen LogP) is 9.10. The van der Waals surface area contributed by atoms with Gasteiger partial charge < -0.3 is 34.3 Å². The molecule has 8 rings (SSSR count). The number of benzene rings is 2. The van der Waals surface area contributed by atoms with Crippen LogP contribution < -0.4 is 24.8 Å². The minimum Gasteiger partial charge on any atom is -0.475 e. The number of nitrogens with zero attached hydrogens (tertiary/aromatic N) is 6. The highest BCUT2D eigenvalue weighted by Crippen LogP contribution is 2.48. The van der Waals surface area contributed by atoms with Crippen LogP contribution >= 0.6 is 0 Å². The molecular weight excluding hydrogens is 821 g/mol. The fourth-order valence-corrected chi connectivity index (χ4v) is 15.1. The monoisotopic (exact) mass is 879 g/mol. The molecule has 5 heterocycles. The number of methoxy groups -OCH3 is 1. The van der Waals surface area contributed by atoms with Gasteiger partial charge in [-0.15, -0.1) is 5.54 Å². The van der Waals surface area contributed by atoms with Crippen molar-refractivity contribution in [2.75, 3.05) is 77.1 Å². The molecule has 1 atom stereocenters. The largest absolute Gasteiger partial charge is 0.475 e. The quantitative estimate of drug-likeness (QED) is 0.0649. The summed E-state index contributed by atoms with van der Waals surface area (Å²) in [5.74, 6) is 3.37. The minimum atomic E-state index is -2.33. The van der Waals surface area contributed by atoms with E-state index in [9.17, 15) is 0 Å². The Morgan fingerprint density at radius 3 is 2.33 bits per heavy atom. The summed E-state index contributed by atoms with van der Waals surface area (Å²) < 4.78 is 64.2. The molecule has 2 fully saturated rings. The van der Waals surface area contributed by atoms with Gasteiger partial charge >= 0.3 is 6.01 Å². The van der Waals surface area contributed by atoms with Gasteiger partial charge in [0.2, 0.25) is 5.88 Å². The Kier molecular flexibility index (Phi) is 12.8. The molecule has 0 radical (unpaired) electrons. The van der Waals surface area contributed by atoms with Gasteiger partial charge in [0, 0.05) is 54.9 Å². The number of pyridine rings is 2. The summed E-state index contributed by atoms with van der Waals surface area (Å²) in [5, 5.41) is 1.29. The van der Waals surface area contributed by atoms with Gasteiger partial charge in [-0.05, 0) is 66.0 Å². The van der Waals surface area contributed by atoms with E-state index < -0.39 is 19.7 Å². The molecule has 1 aliphatic carbocycles. The second kappa shape index (κ2) is 18.2. The van der Waals surface area contributed by atoms with Gasteiger partial charge in [0.1, 0.15) is 54.5 Å². The maximum Gasteiger partial charge on any atom is 0.319 e. The van der Waals surface area contributed by atoms with E-state index >= 15 is 8.78 Å². The number of anilines is 2. The van der Waals surface area contributed by atoms with Crippen molar-refractivity contribution in [1.29, 1.82) is 0 Å². The number of aromatic nitrogens is 4. The molecule has 2 aromatic carbocycles. The van der Waals surface area contributed by atoms with Crippen LogP contribution in [0.25, 0.3) is 32.9 Å². The van der Waals surface area contributed by atoms with Gasteiger partial charge in [0.15, 0.2) is 12.6 Å². The minimum absolute atomic E-state index is 0.0306. The van der Waals surface area contributed by atoms with Gasteiger partial charge in [-0.25, -0.2) is 18.7 Å². The lowest BCUT2D eigenvalue weighted by molar-refractivity contribution is 0.0231. The molecule has 1 saturated heterocycles. The molecular formula is C48H59F2N7O5Si. The Balaban J connectivity index is 1.34. The van der Waals surface area contributed by atoms with Crippen molar-refractivity contribution >= 4 is 41.4 Å². The molecule has 12 nitrogen and oxygen atoms in total. The maximum atomic E-state index is 18.0. The van der Waals surface area contributed by atoms with Crippen molar-refractivity contribution in [1.82, 2.24) is 24.8 Å². The zero-order valence-electron chi connectivity index (χ0n) is 37.7. The van der Waals surface area contributed by atoms with E-state index in [0.29, 0.717) is 71.1 Å². The molecule has 334 valence electrons. The number of morpholine rings is 1. The summed E-state index contributed by atoms with van der Waals surface area (Å²) in [5.41, 5.74) is 12.0. The van der Waals surface area contributed by atoms with Gasteiger partial charge in [-0.2, -0.15) is 9.97 Å². The average molecular weight is 880 g/mol. The third kappa shape index (κ3) is 8.62. The van der Waals surface area contributed by atoms with Crippen LogP contribution in [-0.2, 0) is 9.47 Å². The first-order valence-corrected chi connectivity index (χ1v) is 24.4. The van der Waals surface area contributed by atoms with Crippen LogP contribution in [0.15, 0.2) is 42.6 Å². The molecule has 2 aliphatic heterocycles. The summed E-state index contributed by atoms with van der Waals surface area (Å²) in [4.78, 5) is 23.5. The van der Waals surface area contributed by atoms with Crippen molar-refractivity contribution in [3.8, 4) is 40.4 Å². The number of ether oxygens (including phenoxy) is 5. The highest BCUT2D eigenvalue weighted by atomic mass is 28.3. The van der Waals surface area contributed by atoms with Crippen molar-refractivity contribution in [3.63, 3.8) is 0 Å². The van der Waals surface area contributed by atoms with Crippen molar-refractivity contribution < 1.29 is 32.5 Å². The van der Waals surface area contributed by atoms with Crippen molar-refractivity contribution in [2.24, 2.45) is 5.41 Å². The third-order valence-electron chi connectivity index (χ3n) is 13.4. The third-order valence-corrected chi connectivity index (χ3v) is 19.7. The van der Waals surface area contributed by atoms with Gasteiger partial charge in [-0.1, -0.05) is 59.6 Å². The number of hydrogen-bond donors (Lipinski definition) is 1. The van der Waals surface area contributed by atoms with Gasteiger partial charge in [0.25, 0.3) is 0 Å². The number of nitrogens with two attached hydrogens (primary N) is 1. The number of rotatable bonds is 14. The number of nitrogen functional groups attached to an aromatic ring is 1. The second-order valence-electron chi connectivity index (χ2n) is 18.2. The summed E-state index contributed by atoms with van der Waals surface area (Å²) in [7, 11) is -0.806. The summed E-state index contributed by atoms with van der Waals surface area (Å²) in [6.45, 7) is 20.1. The standard InChI is InChI=1S/C48H59F2N7O5Si/c1-29(2)63(30(3)4,31(5)6)23-13-36-38(49)12-11-33-24-34(62-28-58-8)25-37(39(33)36)42-41(50)43-40-45(55-47(54-43)61-27-48(14-15-48)26-56-17-20-59-21-18-56)57(19-22-60-46(40)53-42)32(7)35-10-9-16-52-44(35)51/h9-12,16,24-25,29-32H,14-15,17-22,26-28H2,1-8H3,(H2,51,52). The normalized spacial score (nSPS) is 16.9. The first kappa shape index (κ1) is 44.5. The summed E-state index contributed by atoms with van der Waals surface area (Å²) in [6.07, 6.45) is 3.64. The fraction of sp³-hybridized carbons (Fsp3) is 0.500. The van der Waals surface area contributed by atoms with Crippen molar-refractivity contribution in [2.45, 2.75) is 84.0 Å². The maximum absolute atomic E-state index is 18.0. The van der Waals surface area contributed by atoms with E-state index in [4.69, 9.17) is 44.4 Å². The number of halogens is 2. The second-order valence-corrected chi connectivity index (χ2v) is 23.8. The van der Waals surface area contributed by atoms with E-state index in [1.54, 1.807) is 24.4 Å². The molecule has 1 unspecified atom stereocenters. The molecule has 3 aromatic heterocycles. The lowest BCUT2D eigenvalue weighted by Gasteiger charge is -2.38. The molecule has 5 aromatic rings.